The Balaban J connectivity index is 1.28. The highest BCUT2D eigenvalue weighted by Crippen LogP contribution is 2.44. The molecule has 4 aromatic rings. The first-order valence-corrected chi connectivity index (χ1v) is 13.1. The second kappa shape index (κ2) is 12.3. The number of carbonyl (C=O) groups excluding carboxylic acids is 2. The Labute approximate surface area is 232 Å². The van der Waals surface area contributed by atoms with Crippen molar-refractivity contribution in [2.75, 3.05) is 6.61 Å². The molecule has 0 aliphatic heterocycles. The van der Waals surface area contributed by atoms with E-state index in [0.29, 0.717) is 0 Å². The van der Waals surface area contributed by atoms with Crippen LogP contribution in [0.25, 0.3) is 11.1 Å². The van der Waals surface area contributed by atoms with Crippen molar-refractivity contribution in [3.05, 3.63) is 131 Å². The van der Waals surface area contributed by atoms with E-state index in [9.17, 15) is 19.5 Å². The molecule has 0 unspecified atom stereocenters. The van der Waals surface area contributed by atoms with E-state index in [1.54, 1.807) is 36.4 Å². The monoisotopic (exact) mass is 535 g/mol. The first-order chi connectivity index (χ1) is 19.5. The average molecular weight is 536 g/mol. The second-order valence-electron chi connectivity index (χ2n) is 9.67. The van der Waals surface area contributed by atoms with Gasteiger partial charge in [-0.3, -0.25) is 4.79 Å². The molecular weight excluding hydrogens is 506 g/mol. The molecule has 202 valence electrons. The standard InChI is InChI=1S/C33H29NO6/c35-31(34-29(32(36)37)19-22-11-3-1-4-12-22)30(20-23-13-5-2-6-14-23)40-33(38)39-21-28-26-17-9-7-15-24(26)25-16-8-10-18-27(25)28/h1-18,28-30H,19-21H2,(H,34,35)(H,36,37)/t29-,30-/m0/s1. The summed E-state index contributed by atoms with van der Waals surface area (Å²) in [6.07, 6.45) is -2.12. The molecule has 5 rings (SSSR count). The van der Waals surface area contributed by atoms with Gasteiger partial charge in [-0.15, -0.1) is 0 Å². The summed E-state index contributed by atoms with van der Waals surface area (Å²) < 4.78 is 11.1. The van der Waals surface area contributed by atoms with Crippen LogP contribution in [0.1, 0.15) is 28.2 Å². The fourth-order valence-corrected chi connectivity index (χ4v) is 5.07. The Morgan fingerprint density at radius 3 is 1.75 bits per heavy atom. The number of hydrogen-bond donors (Lipinski definition) is 2. The highest BCUT2D eigenvalue weighted by atomic mass is 16.7. The van der Waals surface area contributed by atoms with Gasteiger partial charge in [-0.05, 0) is 33.4 Å². The van der Waals surface area contributed by atoms with E-state index < -0.39 is 30.2 Å². The number of amides is 1. The normalized spacial score (nSPS) is 13.4. The van der Waals surface area contributed by atoms with Gasteiger partial charge in [0.05, 0.1) is 0 Å². The Bertz CT molecular complexity index is 1440. The van der Waals surface area contributed by atoms with Crippen molar-refractivity contribution in [1.82, 2.24) is 5.32 Å². The first kappa shape index (κ1) is 26.7. The van der Waals surface area contributed by atoms with Crippen LogP contribution in [0.4, 0.5) is 4.79 Å². The zero-order valence-corrected chi connectivity index (χ0v) is 21.7. The van der Waals surface area contributed by atoms with Crippen LogP contribution in [-0.2, 0) is 31.9 Å². The average Bonchev–Trinajstić information content (AvgIpc) is 3.30. The number of hydrogen-bond acceptors (Lipinski definition) is 5. The number of benzene rings is 4. The van der Waals surface area contributed by atoms with E-state index in [2.05, 4.69) is 5.32 Å². The molecule has 2 N–H and O–H groups in total. The van der Waals surface area contributed by atoms with Crippen LogP contribution in [0.15, 0.2) is 109 Å². The van der Waals surface area contributed by atoms with Gasteiger partial charge in [0.2, 0.25) is 0 Å². The zero-order valence-electron chi connectivity index (χ0n) is 21.7. The van der Waals surface area contributed by atoms with Crippen LogP contribution in [0.3, 0.4) is 0 Å². The molecule has 0 aromatic heterocycles. The Kier molecular flexibility index (Phi) is 8.21. The maximum Gasteiger partial charge on any atom is 0.509 e. The van der Waals surface area contributed by atoms with Gasteiger partial charge in [-0.2, -0.15) is 0 Å². The summed E-state index contributed by atoms with van der Waals surface area (Å²) >= 11 is 0. The topological polar surface area (TPSA) is 102 Å². The van der Waals surface area contributed by atoms with Crippen molar-refractivity contribution < 1.29 is 29.0 Å². The van der Waals surface area contributed by atoms with Gasteiger partial charge >= 0.3 is 12.1 Å². The first-order valence-electron chi connectivity index (χ1n) is 13.1. The number of fused-ring (bicyclic) bond motifs is 3. The molecule has 1 amide bonds. The van der Waals surface area contributed by atoms with Gasteiger partial charge in [0.25, 0.3) is 5.91 Å². The van der Waals surface area contributed by atoms with Crippen molar-refractivity contribution >= 4 is 18.0 Å². The van der Waals surface area contributed by atoms with E-state index in [-0.39, 0.29) is 25.4 Å². The summed E-state index contributed by atoms with van der Waals surface area (Å²) in [4.78, 5) is 38.1. The molecule has 7 nitrogen and oxygen atoms in total. The summed E-state index contributed by atoms with van der Waals surface area (Å²) in [5, 5.41) is 12.3. The van der Waals surface area contributed by atoms with Crippen molar-refractivity contribution in [2.45, 2.75) is 30.9 Å². The number of rotatable bonds is 10. The van der Waals surface area contributed by atoms with Crippen LogP contribution in [-0.4, -0.2) is 41.9 Å². The van der Waals surface area contributed by atoms with Crippen LogP contribution in [0.2, 0.25) is 0 Å². The number of carbonyl (C=O) groups is 3. The second-order valence-corrected chi connectivity index (χ2v) is 9.67. The summed E-state index contributed by atoms with van der Waals surface area (Å²) in [5.41, 5.74) is 5.82. The minimum Gasteiger partial charge on any atom is -0.480 e. The maximum absolute atomic E-state index is 13.3. The largest absolute Gasteiger partial charge is 0.509 e. The molecule has 0 saturated carbocycles. The molecule has 4 aromatic carbocycles. The van der Waals surface area contributed by atoms with Gasteiger partial charge < -0.3 is 19.9 Å². The van der Waals surface area contributed by atoms with Crippen LogP contribution < -0.4 is 5.32 Å². The molecule has 0 bridgehead atoms. The lowest BCUT2D eigenvalue weighted by Gasteiger charge is -2.21. The molecule has 7 heteroatoms. The zero-order chi connectivity index (χ0) is 27.9. The third-order valence-electron chi connectivity index (χ3n) is 7.02. The predicted octanol–water partition coefficient (Wildman–Crippen LogP) is 5.38. The summed E-state index contributed by atoms with van der Waals surface area (Å²) in [7, 11) is 0. The van der Waals surface area contributed by atoms with Crippen molar-refractivity contribution in [1.29, 1.82) is 0 Å². The minimum absolute atomic E-state index is 0.0400. The molecule has 1 aliphatic carbocycles. The molecular formula is C33H29NO6. The molecule has 0 fully saturated rings. The van der Waals surface area contributed by atoms with Crippen LogP contribution >= 0.6 is 0 Å². The van der Waals surface area contributed by atoms with Crippen LogP contribution in [0, 0.1) is 0 Å². The van der Waals surface area contributed by atoms with Gasteiger partial charge in [-0.1, -0.05) is 109 Å². The minimum atomic E-state index is -1.28. The predicted molar refractivity (Wildman–Crippen MR) is 150 cm³/mol. The van der Waals surface area contributed by atoms with E-state index in [0.717, 1.165) is 33.4 Å². The van der Waals surface area contributed by atoms with Gasteiger partial charge in [0.15, 0.2) is 6.10 Å². The lowest BCUT2D eigenvalue weighted by atomic mass is 9.98. The molecule has 1 aliphatic rings. The van der Waals surface area contributed by atoms with E-state index in [4.69, 9.17) is 9.47 Å². The van der Waals surface area contributed by atoms with Gasteiger partial charge in [0.1, 0.15) is 12.6 Å². The Morgan fingerprint density at radius 1 is 0.700 bits per heavy atom. The lowest BCUT2D eigenvalue weighted by molar-refractivity contribution is -0.143. The quantitative estimate of drug-likeness (QED) is 0.265. The Hall–Kier alpha value is -4.91. The molecule has 40 heavy (non-hydrogen) atoms. The number of nitrogens with one attached hydrogen (secondary N) is 1. The molecule has 0 saturated heterocycles. The number of carboxylic acids is 1. The fourth-order valence-electron chi connectivity index (χ4n) is 5.07. The van der Waals surface area contributed by atoms with E-state index >= 15 is 0 Å². The summed E-state index contributed by atoms with van der Waals surface area (Å²) in [6, 6.07) is 32.8. The molecule has 0 spiro atoms. The molecule has 0 heterocycles. The number of carboxylic acid groups (broad SMARTS) is 1. The SMILES string of the molecule is O=C(OCC1c2ccccc2-c2ccccc21)O[C@@H](Cc1ccccc1)C(=O)N[C@@H](Cc1ccccc1)C(=O)O. The summed E-state index contributed by atoms with van der Waals surface area (Å²) in [5.74, 6) is -2.05. The highest BCUT2D eigenvalue weighted by Gasteiger charge is 2.32. The van der Waals surface area contributed by atoms with E-state index in [1.807, 2.05) is 72.8 Å². The van der Waals surface area contributed by atoms with Gasteiger partial charge in [0, 0.05) is 18.8 Å². The van der Waals surface area contributed by atoms with Crippen molar-refractivity contribution in [3.8, 4) is 11.1 Å². The Morgan fingerprint density at radius 2 is 1.20 bits per heavy atom. The van der Waals surface area contributed by atoms with Crippen molar-refractivity contribution in [2.24, 2.45) is 0 Å². The third kappa shape index (κ3) is 6.21. The van der Waals surface area contributed by atoms with E-state index in [1.165, 1.54) is 0 Å². The lowest BCUT2D eigenvalue weighted by Crippen LogP contribution is -2.48. The maximum atomic E-state index is 13.3. The molecule has 0 radical (unpaired) electrons. The van der Waals surface area contributed by atoms with Crippen LogP contribution in [0.5, 0.6) is 0 Å². The van der Waals surface area contributed by atoms with Gasteiger partial charge in [-0.25, -0.2) is 9.59 Å². The number of aliphatic carboxylic acids is 1. The smallest absolute Gasteiger partial charge is 0.480 e. The third-order valence-corrected chi connectivity index (χ3v) is 7.02. The fraction of sp³-hybridized carbons (Fsp3) is 0.182. The van der Waals surface area contributed by atoms with Crippen molar-refractivity contribution in [3.63, 3.8) is 0 Å². The summed E-state index contributed by atoms with van der Waals surface area (Å²) in [6.45, 7) is 0.0400. The number of ether oxygens (including phenoxy) is 2. The molecule has 2 atom stereocenters. The highest BCUT2D eigenvalue weighted by molar-refractivity contribution is 5.88.